The number of amides is 1. The predicted molar refractivity (Wildman–Crippen MR) is 93.6 cm³/mol. The Morgan fingerprint density at radius 3 is 2.61 bits per heavy atom. The second-order valence-electron chi connectivity index (χ2n) is 5.15. The highest BCUT2D eigenvalue weighted by Crippen LogP contribution is 2.04. The molecule has 1 aromatic carbocycles. The van der Waals surface area contributed by atoms with Gasteiger partial charge in [-0.2, -0.15) is 5.26 Å². The molecule has 1 N–H and O–H groups in total. The van der Waals surface area contributed by atoms with Gasteiger partial charge < -0.3 is 10.2 Å². The SMILES string of the molecule is C=CCN(CC=C)C(=O)/C(C#N)=C\NCCc1cccc(C)c1. The van der Waals surface area contributed by atoms with E-state index in [-0.39, 0.29) is 11.5 Å². The van der Waals surface area contributed by atoms with Crippen molar-refractivity contribution in [2.45, 2.75) is 13.3 Å². The van der Waals surface area contributed by atoms with Crippen LogP contribution in [0.5, 0.6) is 0 Å². The van der Waals surface area contributed by atoms with E-state index in [1.54, 1.807) is 12.2 Å². The highest BCUT2D eigenvalue weighted by Gasteiger charge is 2.15. The Morgan fingerprint density at radius 1 is 1.35 bits per heavy atom. The van der Waals surface area contributed by atoms with Crippen molar-refractivity contribution < 1.29 is 4.79 Å². The maximum Gasteiger partial charge on any atom is 0.266 e. The molecule has 0 saturated heterocycles. The fraction of sp³-hybridized carbons (Fsp3) is 0.263. The third kappa shape index (κ3) is 6.23. The molecule has 4 nitrogen and oxygen atoms in total. The third-order valence-electron chi connectivity index (χ3n) is 3.22. The van der Waals surface area contributed by atoms with Crippen LogP contribution in [0.2, 0.25) is 0 Å². The molecule has 0 atom stereocenters. The van der Waals surface area contributed by atoms with Crippen LogP contribution < -0.4 is 5.32 Å². The zero-order valence-electron chi connectivity index (χ0n) is 13.6. The summed E-state index contributed by atoms with van der Waals surface area (Å²) in [4.78, 5) is 13.8. The van der Waals surface area contributed by atoms with Crippen LogP contribution in [0.4, 0.5) is 0 Å². The van der Waals surface area contributed by atoms with Gasteiger partial charge in [0.15, 0.2) is 0 Å². The van der Waals surface area contributed by atoms with Gasteiger partial charge in [-0.3, -0.25) is 4.79 Å². The number of carbonyl (C=O) groups is 1. The number of rotatable bonds is 9. The summed E-state index contributed by atoms with van der Waals surface area (Å²) >= 11 is 0. The van der Waals surface area contributed by atoms with Gasteiger partial charge in [0.2, 0.25) is 0 Å². The summed E-state index contributed by atoms with van der Waals surface area (Å²) in [6.45, 7) is 10.7. The molecule has 1 rings (SSSR count). The monoisotopic (exact) mass is 309 g/mol. The number of nitrogens with zero attached hydrogens (tertiary/aromatic N) is 2. The first-order chi connectivity index (χ1) is 11.1. The van der Waals surface area contributed by atoms with Crippen molar-refractivity contribution in [3.05, 3.63) is 72.5 Å². The summed E-state index contributed by atoms with van der Waals surface area (Å²) in [5, 5.41) is 12.2. The lowest BCUT2D eigenvalue weighted by atomic mass is 10.1. The van der Waals surface area contributed by atoms with E-state index in [1.807, 2.05) is 12.1 Å². The van der Waals surface area contributed by atoms with E-state index < -0.39 is 0 Å². The zero-order chi connectivity index (χ0) is 17.1. The van der Waals surface area contributed by atoms with Gasteiger partial charge in [-0.05, 0) is 18.9 Å². The molecular formula is C19H23N3O. The number of carbonyl (C=O) groups excluding carboxylic acids is 1. The number of hydrogen-bond donors (Lipinski definition) is 1. The molecule has 0 aromatic heterocycles. The Balaban J connectivity index is 2.61. The molecule has 0 aliphatic rings. The minimum Gasteiger partial charge on any atom is -0.389 e. The van der Waals surface area contributed by atoms with Gasteiger partial charge in [0, 0.05) is 25.8 Å². The predicted octanol–water partition coefficient (Wildman–Crippen LogP) is 2.74. The van der Waals surface area contributed by atoms with Crippen molar-refractivity contribution >= 4 is 5.91 Å². The van der Waals surface area contributed by atoms with Crippen LogP contribution in [0, 0.1) is 18.3 Å². The maximum atomic E-state index is 12.3. The van der Waals surface area contributed by atoms with Gasteiger partial charge in [0.25, 0.3) is 5.91 Å². The molecule has 4 heteroatoms. The van der Waals surface area contributed by atoms with Gasteiger partial charge in [-0.25, -0.2) is 0 Å². The van der Waals surface area contributed by atoms with Crippen LogP contribution in [0.1, 0.15) is 11.1 Å². The normalized spacial score (nSPS) is 10.5. The van der Waals surface area contributed by atoms with Gasteiger partial charge in [0.1, 0.15) is 11.6 Å². The lowest BCUT2D eigenvalue weighted by Crippen LogP contribution is -2.32. The van der Waals surface area contributed by atoms with E-state index in [4.69, 9.17) is 0 Å². The fourth-order valence-electron chi connectivity index (χ4n) is 2.12. The Kier molecular flexibility index (Phi) is 7.95. The fourth-order valence-corrected chi connectivity index (χ4v) is 2.12. The largest absolute Gasteiger partial charge is 0.389 e. The van der Waals surface area contributed by atoms with Crippen molar-refractivity contribution in [1.29, 1.82) is 5.26 Å². The molecule has 0 spiro atoms. The smallest absolute Gasteiger partial charge is 0.266 e. The summed E-state index contributed by atoms with van der Waals surface area (Å²) in [6.07, 6.45) is 5.56. The number of benzene rings is 1. The van der Waals surface area contributed by atoms with E-state index in [1.165, 1.54) is 22.2 Å². The van der Waals surface area contributed by atoms with E-state index in [9.17, 15) is 10.1 Å². The molecule has 1 amide bonds. The Hall–Kier alpha value is -2.80. The van der Waals surface area contributed by atoms with Crippen LogP contribution in [-0.2, 0) is 11.2 Å². The number of nitriles is 1. The highest BCUT2D eigenvalue weighted by atomic mass is 16.2. The van der Waals surface area contributed by atoms with Crippen LogP contribution in [0.15, 0.2) is 61.3 Å². The maximum absolute atomic E-state index is 12.3. The molecule has 23 heavy (non-hydrogen) atoms. The standard InChI is InChI=1S/C19H23N3O/c1-4-11-22(12-5-2)19(23)18(14-20)15-21-10-9-17-8-6-7-16(3)13-17/h4-8,13,15,21H,1-2,9-12H2,3H3/b18-15-. The van der Waals surface area contributed by atoms with Crippen molar-refractivity contribution in [2.75, 3.05) is 19.6 Å². The molecule has 120 valence electrons. The molecule has 0 unspecified atom stereocenters. The van der Waals surface area contributed by atoms with Crippen LogP contribution in [-0.4, -0.2) is 30.4 Å². The van der Waals surface area contributed by atoms with Crippen molar-refractivity contribution in [3.63, 3.8) is 0 Å². The zero-order valence-corrected chi connectivity index (χ0v) is 13.6. The first-order valence-corrected chi connectivity index (χ1v) is 7.52. The van der Waals surface area contributed by atoms with Gasteiger partial charge >= 0.3 is 0 Å². The average molecular weight is 309 g/mol. The van der Waals surface area contributed by atoms with E-state index in [0.717, 1.165) is 6.42 Å². The molecule has 0 aliphatic heterocycles. The minimum atomic E-state index is -0.324. The average Bonchev–Trinajstić information content (AvgIpc) is 2.54. The van der Waals surface area contributed by atoms with E-state index >= 15 is 0 Å². The molecule has 0 heterocycles. The van der Waals surface area contributed by atoms with Gasteiger partial charge in [0.05, 0.1) is 0 Å². The van der Waals surface area contributed by atoms with Crippen LogP contribution in [0.3, 0.4) is 0 Å². The summed E-state index contributed by atoms with van der Waals surface area (Å²) in [7, 11) is 0. The van der Waals surface area contributed by atoms with Crippen LogP contribution >= 0.6 is 0 Å². The molecular weight excluding hydrogens is 286 g/mol. The number of hydrogen-bond acceptors (Lipinski definition) is 3. The Labute approximate surface area is 138 Å². The molecule has 1 aromatic rings. The third-order valence-corrected chi connectivity index (χ3v) is 3.22. The van der Waals surface area contributed by atoms with E-state index in [0.29, 0.717) is 19.6 Å². The second kappa shape index (κ2) is 10.0. The minimum absolute atomic E-state index is 0.0814. The summed E-state index contributed by atoms with van der Waals surface area (Å²) in [5.41, 5.74) is 2.52. The number of aryl methyl sites for hydroxylation is 1. The molecule has 0 radical (unpaired) electrons. The Morgan fingerprint density at radius 2 is 2.04 bits per heavy atom. The van der Waals surface area contributed by atoms with Gasteiger partial charge in [-0.15, -0.1) is 13.2 Å². The lowest BCUT2D eigenvalue weighted by molar-refractivity contribution is -0.125. The topological polar surface area (TPSA) is 56.1 Å². The van der Waals surface area contributed by atoms with Crippen molar-refractivity contribution in [1.82, 2.24) is 10.2 Å². The number of nitrogens with one attached hydrogen (secondary N) is 1. The molecule has 0 saturated carbocycles. The highest BCUT2D eigenvalue weighted by molar-refractivity contribution is 5.97. The molecule has 0 aliphatic carbocycles. The van der Waals surface area contributed by atoms with E-state index in [2.05, 4.69) is 43.6 Å². The van der Waals surface area contributed by atoms with Gasteiger partial charge in [-0.1, -0.05) is 42.0 Å². The molecule has 0 bridgehead atoms. The first-order valence-electron chi connectivity index (χ1n) is 7.52. The quantitative estimate of drug-likeness (QED) is 0.330. The summed E-state index contributed by atoms with van der Waals surface area (Å²) in [5.74, 6) is -0.324. The molecule has 0 fully saturated rings. The summed E-state index contributed by atoms with van der Waals surface area (Å²) < 4.78 is 0. The second-order valence-corrected chi connectivity index (χ2v) is 5.15. The van der Waals surface area contributed by atoms with Crippen molar-refractivity contribution in [3.8, 4) is 6.07 Å². The lowest BCUT2D eigenvalue weighted by Gasteiger charge is -2.18. The summed E-state index contributed by atoms with van der Waals surface area (Å²) in [6, 6.07) is 10.2. The van der Waals surface area contributed by atoms with Crippen LogP contribution in [0.25, 0.3) is 0 Å². The Bertz CT molecular complexity index is 616. The van der Waals surface area contributed by atoms with Crippen molar-refractivity contribution in [2.24, 2.45) is 0 Å². The first kappa shape index (κ1) is 18.2.